The van der Waals surface area contributed by atoms with Crippen molar-refractivity contribution in [3.63, 3.8) is 0 Å². The number of hydrogen-bond acceptors (Lipinski definition) is 6. The summed E-state index contributed by atoms with van der Waals surface area (Å²) in [6.07, 6.45) is 5.03. The molecule has 0 saturated carbocycles. The SMILES string of the molecule is O=C(O)c1coc(Cc2ccc(-c3cncs3)cn2)n1. The first kappa shape index (κ1) is 12.5. The first-order valence-corrected chi connectivity index (χ1v) is 6.62. The highest BCUT2D eigenvalue weighted by Crippen LogP contribution is 2.22. The van der Waals surface area contributed by atoms with Gasteiger partial charge in [0.15, 0.2) is 5.69 Å². The fraction of sp³-hybridized carbons (Fsp3) is 0.0769. The van der Waals surface area contributed by atoms with Crippen LogP contribution in [0, 0.1) is 0 Å². The Kier molecular flexibility index (Phi) is 3.26. The molecule has 3 rings (SSSR count). The van der Waals surface area contributed by atoms with Gasteiger partial charge in [-0.05, 0) is 6.07 Å². The minimum absolute atomic E-state index is 0.0960. The minimum Gasteiger partial charge on any atom is -0.476 e. The Balaban J connectivity index is 1.76. The maximum absolute atomic E-state index is 10.7. The minimum atomic E-state index is -1.10. The van der Waals surface area contributed by atoms with Crippen molar-refractivity contribution in [2.24, 2.45) is 0 Å². The largest absolute Gasteiger partial charge is 0.476 e. The van der Waals surface area contributed by atoms with Crippen LogP contribution < -0.4 is 0 Å². The predicted molar refractivity (Wildman–Crippen MR) is 71.6 cm³/mol. The van der Waals surface area contributed by atoms with E-state index in [9.17, 15) is 4.79 Å². The molecule has 0 spiro atoms. The maximum atomic E-state index is 10.7. The van der Waals surface area contributed by atoms with E-state index in [0.29, 0.717) is 12.3 Å². The summed E-state index contributed by atoms with van der Waals surface area (Å²) < 4.78 is 5.09. The van der Waals surface area contributed by atoms with E-state index in [-0.39, 0.29) is 5.69 Å². The molecule has 6 nitrogen and oxygen atoms in total. The van der Waals surface area contributed by atoms with Crippen LogP contribution in [0.2, 0.25) is 0 Å². The van der Waals surface area contributed by atoms with Gasteiger partial charge in [-0.25, -0.2) is 9.78 Å². The number of hydrogen-bond donors (Lipinski definition) is 1. The number of oxazole rings is 1. The Bertz CT molecular complexity index is 720. The fourth-order valence-corrected chi connectivity index (χ4v) is 2.29. The summed E-state index contributed by atoms with van der Waals surface area (Å²) in [6, 6.07) is 3.80. The second-order valence-electron chi connectivity index (χ2n) is 4.01. The number of aromatic carboxylic acids is 1. The lowest BCUT2D eigenvalue weighted by molar-refractivity contribution is 0.0690. The monoisotopic (exact) mass is 287 g/mol. The third-order valence-corrected chi connectivity index (χ3v) is 3.47. The molecule has 0 radical (unpaired) electrons. The van der Waals surface area contributed by atoms with Crippen molar-refractivity contribution in [1.29, 1.82) is 0 Å². The highest BCUT2D eigenvalue weighted by atomic mass is 32.1. The molecule has 0 aliphatic heterocycles. The number of aromatic nitrogens is 3. The van der Waals surface area contributed by atoms with Gasteiger partial charge in [0.2, 0.25) is 5.89 Å². The number of rotatable bonds is 4. The number of pyridine rings is 1. The zero-order valence-electron chi connectivity index (χ0n) is 10.2. The van der Waals surface area contributed by atoms with Gasteiger partial charge in [0.25, 0.3) is 0 Å². The van der Waals surface area contributed by atoms with Gasteiger partial charge in [-0.3, -0.25) is 9.97 Å². The zero-order chi connectivity index (χ0) is 13.9. The molecule has 0 fully saturated rings. The number of carbonyl (C=O) groups is 1. The average molecular weight is 287 g/mol. The summed E-state index contributed by atoms with van der Waals surface area (Å²) in [6.45, 7) is 0. The summed E-state index contributed by atoms with van der Waals surface area (Å²) in [4.78, 5) is 23.9. The maximum Gasteiger partial charge on any atom is 0.357 e. The molecular formula is C13H9N3O3S. The first-order valence-electron chi connectivity index (χ1n) is 5.74. The van der Waals surface area contributed by atoms with Gasteiger partial charge in [-0.15, -0.1) is 11.3 Å². The third-order valence-electron chi connectivity index (χ3n) is 2.64. The molecule has 1 N–H and O–H groups in total. The molecule has 0 aromatic carbocycles. The topological polar surface area (TPSA) is 89.1 Å². The van der Waals surface area contributed by atoms with E-state index >= 15 is 0 Å². The predicted octanol–water partition coefficient (Wildman–Crippen LogP) is 2.48. The molecule has 7 heteroatoms. The van der Waals surface area contributed by atoms with Crippen LogP contribution in [0.3, 0.4) is 0 Å². The van der Waals surface area contributed by atoms with Gasteiger partial charge in [0.05, 0.1) is 16.8 Å². The van der Waals surface area contributed by atoms with Crippen molar-refractivity contribution in [3.05, 3.63) is 53.6 Å². The number of carboxylic acid groups (broad SMARTS) is 1. The smallest absolute Gasteiger partial charge is 0.357 e. The Labute approximate surface area is 117 Å². The van der Waals surface area contributed by atoms with Crippen molar-refractivity contribution < 1.29 is 14.3 Å². The molecule has 0 bridgehead atoms. The lowest BCUT2D eigenvalue weighted by Crippen LogP contribution is -1.97. The van der Waals surface area contributed by atoms with E-state index in [1.54, 1.807) is 29.2 Å². The van der Waals surface area contributed by atoms with E-state index in [2.05, 4.69) is 15.0 Å². The van der Waals surface area contributed by atoms with Crippen molar-refractivity contribution in [3.8, 4) is 10.4 Å². The summed E-state index contributed by atoms with van der Waals surface area (Å²) in [5.74, 6) is -0.769. The van der Waals surface area contributed by atoms with Crippen LogP contribution in [0.5, 0.6) is 0 Å². The molecule has 20 heavy (non-hydrogen) atoms. The highest BCUT2D eigenvalue weighted by Gasteiger charge is 2.11. The first-order chi connectivity index (χ1) is 9.72. The van der Waals surface area contributed by atoms with Gasteiger partial charge in [0.1, 0.15) is 6.26 Å². The van der Waals surface area contributed by atoms with E-state index in [0.717, 1.165) is 22.4 Å². The van der Waals surface area contributed by atoms with E-state index in [1.807, 2.05) is 12.1 Å². The summed E-state index contributed by atoms with van der Waals surface area (Å²) in [5, 5.41) is 8.76. The molecule has 0 atom stereocenters. The van der Waals surface area contributed by atoms with Crippen molar-refractivity contribution >= 4 is 17.3 Å². The summed E-state index contributed by atoms with van der Waals surface area (Å²) in [5.41, 5.74) is 3.43. The second kappa shape index (κ2) is 5.22. The Morgan fingerprint density at radius 2 is 2.25 bits per heavy atom. The lowest BCUT2D eigenvalue weighted by atomic mass is 10.2. The molecule has 0 unspecified atom stereocenters. The van der Waals surface area contributed by atoms with Crippen LogP contribution in [0.15, 0.2) is 40.7 Å². The van der Waals surface area contributed by atoms with E-state index < -0.39 is 5.97 Å². The molecule has 0 aliphatic carbocycles. The van der Waals surface area contributed by atoms with Crippen LogP contribution in [0.1, 0.15) is 22.1 Å². The number of thiazole rings is 1. The standard InChI is InChI=1S/C13H9N3O3S/c17-13(18)10-6-19-12(16-10)3-9-2-1-8(4-15-9)11-5-14-7-20-11/h1-2,4-7H,3H2,(H,17,18). The Morgan fingerprint density at radius 3 is 2.85 bits per heavy atom. The van der Waals surface area contributed by atoms with Gasteiger partial charge >= 0.3 is 5.97 Å². The molecule has 0 saturated heterocycles. The zero-order valence-corrected chi connectivity index (χ0v) is 11.0. The lowest BCUT2D eigenvalue weighted by Gasteiger charge is -1.99. The quantitative estimate of drug-likeness (QED) is 0.793. The average Bonchev–Trinajstić information content (AvgIpc) is 3.10. The Hall–Kier alpha value is -2.54. The summed E-state index contributed by atoms with van der Waals surface area (Å²) in [7, 11) is 0. The van der Waals surface area contributed by atoms with Gasteiger partial charge in [-0.1, -0.05) is 6.07 Å². The third kappa shape index (κ3) is 2.57. The van der Waals surface area contributed by atoms with Gasteiger partial charge < -0.3 is 9.52 Å². The fourth-order valence-electron chi connectivity index (χ4n) is 1.68. The van der Waals surface area contributed by atoms with E-state index in [1.165, 1.54) is 0 Å². The van der Waals surface area contributed by atoms with Crippen LogP contribution >= 0.6 is 11.3 Å². The Morgan fingerprint density at radius 1 is 1.35 bits per heavy atom. The van der Waals surface area contributed by atoms with Crippen molar-refractivity contribution in [2.75, 3.05) is 0 Å². The van der Waals surface area contributed by atoms with E-state index in [4.69, 9.17) is 9.52 Å². The molecule has 3 aromatic heterocycles. The second-order valence-corrected chi connectivity index (χ2v) is 4.90. The van der Waals surface area contributed by atoms with Crippen LogP contribution in [-0.2, 0) is 6.42 Å². The van der Waals surface area contributed by atoms with Crippen molar-refractivity contribution in [2.45, 2.75) is 6.42 Å². The molecule has 3 aromatic rings. The molecule has 3 heterocycles. The van der Waals surface area contributed by atoms with Crippen molar-refractivity contribution in [1.82, 2.24) is 15.0 Å². The van der Waals surface area contributed by atoms with Crippen LogP contribution in [0.4, 0.5) is 0 Å². The molecule has 100 valence electrons. The number of carboxylic acids is 1. The molecule has 0 aliphatic rings. The van der Waals surface area contributed by atoms with Gasteiger partial charge in [-0.2, -0.15) is 0 Å². The summed E-state index contributed by atoms with van der Waals surface area (Å²) >= 11 is 1.55. The normalized spacial score (nSPS) is 10.6. The van der Waals surface area contributed by atoms with Crippen LogP contribution in [-0.4, -0.2) is 26.0 Å². The van der Waals surface area contributed by atoms with Gasteiger partial charge in [0, 0.05) is 23.7 Å². The van der Waals surface area contributed by atoms with Crippen LogP contribution in [0.25, 0.3) is 10.4 Å². The number of nitrogens with zero attached hydrogens (tertiary/aromatic N) is 3. The molecule has 0 amide bonds. The highest BCUT2D eigenvalue weighted by molar-refractivity contribution is 7.13. The molecular weight excluding hydrogens is 278 g/mol.